The van der Waals surface area contributed by atoms with Gasteiger partial charge in [-0.15, -0.1) is 0 Å². The van der Waals surface area contributed by atoms with Crippen LogP contribution >= 0.6 is 11.6 Å². The first-order valence-electron chi connectivity index (χ1n) is 6.65. The predicted molar refractivity (Wildman–Crippen MR) is 74.9 cm³/mol. The number of nitrogens with one attached hydrogen (secondary N) is 1. The molecular formula is C15H20ClNO. The van der Waals surface area contributed by atoms with Gasteiger partial charge in [0, 0.05) is 6.04 Å². The first-order valence-corrected chi connectivity index (χ1v) is 7.02. The van der Waals surface area contributed by atoms with Gasteiger partial charge in [0.2, 0.25) is 0 Å². The van der Waals surface area contributed by atoms with E-state index in [0.29, 0.717) is 22.4 Å². The van der Waals surface area contributed by atoms with Crippen molar-refractivity contribution in [3.63, 3.8) is 0 Å². The van der Waals surface area contributed by atoms with E-state index in [-0.39, 0.29) is 11.9 Å². The van der Waals surface area contributed by atoms with E-state index in [4.69, 9.17) is 11.6 Å². The van der Waals surface area contributed by atoms with Crippen LogP contribution in [0, 0.1) is 11.8 Å². The van der Waals surface area contributed by atoms with E-state index in [1.165, 1.54) is 12.8 Å². The van der Waals surface area contributed by atoms with Gasteiger partial charge in [0.05, 0.1) is 10.6 Å². The summed E-state index contributed by atoms with van der Waals surface area (Å²) in [6, 6.07) is 7.48. The number of rotatable bonds is 2. The predicted octanol–water partition coefficient (Wildman–Crippen LogP) is 3.89. The van der Waals surface area contributed by atoms with Crippen molar-refractivity contribution >= 4 is 17.5 Å². The average Bonchev–Trinajstić information content (AvgIpc) is 2.35. The Bertz CT molecular complexity index is 432. The normalized spacial score (nSPS) is 27.8. The van der Waals surface area contributed by atoms with Crippen molar-refractivity contribution < 1.29 is 4.79 Å². The fourth-order valence-electron chi connectivity index (χ4n) is 2.68. The molecule has 98 valence electrons. The van der Waals surface area contributed by atoms with E-state index >= 15 is 0 Å². The van der Waals surface area contributed by atoms with Gasteiger partial charge in [-0.2, -0.15) is 0 Å². The lowest BCUT2D eigenvalue weighted by Crippen LogP contribution is -2.43. The molecule has 1 aliphatic rings. The van der Waals surface area contributed by atoms with Gasteiger partial charge >= 0.3 is 0 Å². The Balaban J connectivity index is 2.05. The molecule has 1 aromatic rings. The van der Waals surface area contributed by atoms with Crippen LogP contribution in [0.25, 0.3) is 0 Å². The van der Waals surface area contributed by atoms with Gasteiger partial charge in [-0.05, 0) is 30.4 Å². The highest BCUT2D eigenvalue weighted by molar-refractivity contribution is 6.33. The zero-order valence-corrected chi connectivity index (χ0v) is 11.7. The van der Waals surface area contributed by atoms with Gasteiger partial charge < -0.3 is 5.32 Å². The molecule has 0 spiro atoms. The molecule has 18 heavy (non-hydrogen) atoms. The van der Waals surface area contributed by atoms with Gasteiger partial charge in [0.15, 0.2) is 0 Å². The Kier molecular flexibility index (Phi) is 4.28. The Morgan fingerprint density at radius 2 is 2.00 bits per heavy atom. The van der Waals surface area contributed by atoms with E-state index in [0.717, 1.165) is 6.42 Å². The lowest BCUT2D eigenvalue weighted by Gasteiger charge is -2.34. The number of hydrogen-bond acceptors (Lipinski definition) is 1. The molecule has 0 unspecified atom stereocenters. The van der Waals surface area contributed by atoms with Crippen molar-refractivity contribution in [1.29, 1.82) is 0 Å². The van der Waals surface area contributed by atoms with E-state index in [2.05, 4.69) is 19.2 Å². The van der Waals surface area contributed by atoms with Crippen LogP contribution in [0.15, 0.2) is 24.3 Å². The third-order valence-electron chi connectivity index (χ3n) is 4.14. The molecule has 2 nitrogen and oxygen atoms in total. The van der Waals surface area contributed by atoms with Crippen LogP contribution in [-0.2, 0) is 0 Å². The highest BCUT2D eigenvalue weighted by Crippen LogP contribution is 2.29. The molecule has 1 amide bonds. The maximum atomic E-state index is 12.2. The van der Waals surface area contributed by atoms with E-state index < -0.39 is 0 Å². The molecule has 1 N–H and O–H groups in total. The van der Waals surface area contributed by atoms with Gasteiger partial charge in [-0.1, -0.05) is 50.4 Å². The third-order valence-corrected chi connectivity index (χ3v) is 4.47. The molecular weight excluding hydrogens is 246 g/mol. The van der Waals surface area contributed by atoms with Crippen LogP contribution in [0.3, 0.4) is 0 Å². The molecule has 0 aliphatic heterocycles. The number of benzene rings is 1. The van der Waals surface area contributed by atoms with Crippen molar-refractivity contribution in [2.45, 2.75) is 39.2 Å². The summed E-state index contributed by atoms with van der Waals surface area (Å²) in [6.45, 7) is 4.49. The zero-order chi connectivity index (χ0) is 13.1. The minimum absolute atomic E-state index is 0.0495. The molecule has 0 heterocycles. The number of halogens is 1. The second-order valence-electron chi connectivity index (χ2n) is 5.33. The van der Waals surface area contributed by atoms with Gasteiger partial charge in [0.25, 0.3) is 5.91 Å². The Labute approximate surface area is 114 Å². The monoisotopic (exact) mass is 265 g/mol. The van der Waals surface area contributed by atoms with Crippen LogP contribution in [-0.4, -0.2) is 11.9 Å². The highest BCUT2D eigenvalue weighted by Gasteiger charge is 2.28. The topological polar surface area (TPSA) is 29.1 Å². The smallest absolute Gasteiger partial charge is 0.253 e. The summed E-state index contributed by atoms with van der Waals surface area (Å²) in [5.74, 6) is 1.16. The lowest BCUT2D eigenvalue weighted by molar-refractivity contribution is 0.0891. The summed E-state index contributed by atoms with van der Waals surface area (Å²) in [5, 5.41) is 3.65. The maximum Gasteiger partial charge on any atom is 0.253 e. The van der Waals surface area contributed by atoms with Gasteiger partial charge in [-0.25, -0.2) is 0 Å². The minimum Gasteiger partial charge on any atom is -0.349 e. The second kappa shape index (κ2) is 5.75. The Morgan fingerprint density at radius 3 is 2.72 bits per heavy atom. The molecule has 0 radical (unpaired) electrons. The SMILES string of the molecule is C[C@H]1[C@H](C)CCC[C@H]1NC(=O)c1ccccc1Cl. The van der Waals surface area contributed by atoms with Gasteiger partial charge in [-0.3, -0.25) is 4.79 Å². The first kappa shape index (κ1) is 13.4. The van der Waals surface area contributed by atoms with Crippen LogP contribution in [0.5, 0.6) is 0 Å². The molecule has 2 rings (SSSR count). The summed E-state index contributed by atoms with van der Waals surface area (Å²) in [5.41, 5.74) is 0.574. The maximum absolute atomic E-state index is 12.2. The van der Waals surface area contributed by atoms with Crippen molar-refractivity contribution in [1.82, 2.24) is 5.32 Å². The van der Waals surface area contributed by atoms with Crippen LogP contribution in [0.4, 0.5) is 0 Å². The number of amides is 1. The largest absolute Gasteiger partial charge is 0.349 e. The summed E-state index contributed by atoms with van der Waals surface area (Å²) in [4.78, 5) is 12.2. The van der Waals surface area contributed by atoms with E-state index in [9.17, 15) is 4.79 Å². The summed E-state index contributed by atoms with van der Waals surface area (Å²) in [6.07, 6.45) is 3.53. The fraction of sp³-hybridized carbons (Fsp3) is 0.533. The van der Waals surface area contributed by atoms with E-state index in [1.807, 2.05) is 12.1 Å². The van der Waals surface area contributed by atoms with Crippen molar-refractivity contribution in [2.75, 3.05) is 0 Å². The molecule has 1 aromatic carbocycles. The Morgan fingerprint density at radius 1 is 1.28 bits per heavy atom. The Hall–Kier alpha value is -1.02. The molecule has 0 aromatic heterocycles. The molecule has 1 fully saturated rings. The van der Waals surface area contributed by atoms with Crippen molar-refractivity contribution in [3.05, 3.63) is 34.9 Å². The summed E-state index contributed by atoms with van der Waals surface area (Å²) >= 11 is 6.04. The second-order valence-corrected chi connectivity index (χ2v) is 5.73. The molecule has 1 saturated carbocycles. The van der Waals surface area contributed by atoms with Gasteiger partial charge in [0.1, 0.15) is 0 Å². The molecule has 3 heteroatoms. The fourth-order valence-corrected chi connectivity index (χ4v) is 2.90. The number of carbonyl (C=O) groups excluding carboxylic acids is 1. The molecule has 1 aliphatic carbocycles. The van der Waals surface area contributed by atoms with Crippen molar-refractivity contribution in [2.24, 2.45) is 11.8 Å². The average molecular weight is 266 g/mol. The minimum atomic E-state index is -0.0495. The summed E-state index contributed by atoms with van der Waals surface area (Å²) < 4.78 is 0. The molecule has 0 bridgehead atoms. The lowest BCUT2D eigenvalue weighted by atomic mass is 9.78. The third kappa shape index (κ3) is 2.86. The van der Waals surface area contributed by atoms with E-state index in [1.54, 1.807) is 12.1 Å². The zero-order valence-electron chi connectivity index (χ0n) is 10.9. The van der Waals surface area contributed by atoms with Crippen molar-refractivity contribution in [3.8, 4) is 0 Å². The van der Waals surface area contributed by atoms with Crippen LogP contribution in [0.1, 0.15) is 43.5 Å². The quantitative estimate of drug-likeness (QED) is 0.863. The number of carbonyl (C=O) groups is 1. The highest BCUT2D eigenvalue weighted by atomic mass is 35.5. The van der Waals surface area contributed by atoms with Crippen LogP contribution in [0.2, 0.25) is 5.02 Å². The summed E-state index contributed by atoms with van der Waals surface area (Å²) in [7, 11) is 0. The standard InChI is InChI=1S/C15H20ClNO/c1-10-6-5-9-14(11(10)2)17-15(18)12-7-3-4-8-13(12)16/h3-4,7-8,10-11,14H,5-6,9H2,1-2H3,(H,17,18)/t10-,11+,14-/m1/s1. The first-order chi connectivity index (χ1) is 8.59. The van der Waals surface area contributed by atoms with Crippen LogP contribution < -0.4 is 5.32 Å². The molecule has 0 saturated heterocycles. The number of hydrogen-bond donors (Lipinski definition) is 1. The molecule has 3 atom stereocenters.